The number of carbonyl (C=O) groups excluding carboxylic acids is 2. The third-order valence-electron chi connectivity index (χ3n) is 4.43. The van der Waals surface area contributed by atoms with Crippen LogP contribution in [0.1, 0.15) is 27.0 Å². The van der Waals surface area contributed by atoms with Crippen LogP contribution in [0, 0.1) is 0 Å². The van der Waals surface area contributed by atoms with Crippen LogP contribution in [-0.4, -0.2) is 18.9 Å². The van der Waals surface area contributed by atoms with Crippen LogP contribution in [0.15, 0.2) is 78.9 Å². The van der Waals surface area contributed by atoms with Crippen LogP contribution in [0.4, 0.5) is 0 Å². The molecule has 5 heteroatoms. The van der Waals surface area contributed by atoms with E-state index in [4.69, 9.17) is 10.5 Å². The number of benzene rings is 3. The van der Waals surface area contributed by atoms with Gasteiger partial charge in [-0.1, -0.05) is 60.7 Å². The third kappa shape index (κ3) is 5.11. The van der Waals surface area contributed by atoms with Crippen molar-refractivity contribution in [1.29, 1.82) is 0 Å². The van der Waals surface area contributed by atoms with Gasteiger partial charge in [0.2, 0.25) is 5.91 Å². The Kier molecular flexibility index (Phi) is 6.43. The molecule has 146 valence electrons. The zero-order valence-corrected chi connectivity index (χ0v) is 16.1. The molecule has 3 N–H and O–H groups in total. The molecule has 0 bridgehead atoms. The van der Waals surface area contributed by atoms with E-state index in [1.54, 1.807) is 25.3 Å². The van der Waals surface area contributed by atoms with Crippen LogP contribution in [0.2, 0.25) is 0 Å². The molecule has 0 aliphatic heterocycles. The number of hydrogen-bond acceptors (Lipinski definition) is 3. The fourth-order valence-corrected chi connectivity index (χ4v) is 2.95. The predicted octanol–water partition coefficient (Wildman–Crippen LogP) is 3.65. The van der Waals surface area contributed by atoms with Gasteiger partial charge in [-0.3, -0.25) is 9.59 Å². The molecule has 29 heavy (non-hydrogen) atoms. The van der Waals surface area contributed by atoms with Crippen LogP contribution in [-0.2, 0) is 11.3 Å². The summed E-state index contributed by atoms with van der Waals surface area (Å²) in [6.45, 7) is 0.274. The first-order valence-electron chi connectivity index (χ1n) is 9.15. The van der Waals surface area contributed by atoms with Gasteiger partial charge in [0, 0.05) is 23.2 Å². The molecule has 0 unspecified atom stereocenters. The van der Waals surface area contributed by atoms with E-state index in [-0.39, 0.29) is 12.5 Å². The fourth-order valence-electron chi connectivity index (χ4n) is 2.95. The molecule has 5 nitrogen and oxygen atoms in total. The summed E-state index contributed by atoms with van der Waals surface area (Å²) in [6, 6.07) is 23.8. The van der Waals surface area contributed by atoms with Gasteiger partial charge in [0.05, 0.1) is 7.11 Å². The van der Waals surface area contributed by atoms with E-state index in [1.165, 1.54) is 0 Å². The van der Waals surface area contributed by atoms with Crippen molar-refractivity contribution in [1.82, 2.24) is 5.32 Å². The molecule has 0 aliphatic carbocycles. The number of rotatable bonds is 7. The maximum atomic E-state index is 13.0. The molecular weight excluding hydrogens is 364 g/mol. The highest BCUT2D eigenvalue weighted by molar-refractivity contribution is 6.24. The lowest BCUT2D eigenvalue weighted by molar-refractivity contribution is -0.115. The lowest BCUT2D eigenvalue weighted by atomic mass is 10.0. The first kappa shape index (κ1) is 19.9. The van der Waals surface area contributed by atoms with Gasteiger partial charge in [0.15, 0.2) is 0 Å². The first-order valence-corrected chi connectivity index (χ1v) is 9.15. The normalized spacial score (nSPS) is 11.0. The summed E-state index contributed by atoms with van der Waals surface area (Å²) >= 11 is 0. The molecule has 3 aromatic rings. The van der Waals surface area contributed by atoms with Crippen molar-refractivity contribution in [3.63, 3.8) is 0 Å². The van der Waals surface area contributed by atoms with Gasteiger partial charge in [0.25, 0.3) is 5.91 Å². The second-order valence-corrected chi connectivity index (χ2v) is 6.41. The van der Waals surface area contributed by atoms with E-state index in [0.29, 0.717) is 16.9 Å². The highest BCUT2D eigenvalue weighted by Crippen LogP contribution is 2.25. The van der Waals surface area contributed by atoms with Crippen LogP contribution in [0.5, 0.6) is 5.75 Å². The van der Waals surface area contributed by atoms with Gasteiger partial charge >= 0.3 is 0 Å². The lowest BCUT2D eigenvalue weighted by Gasteiger charge is -2.12. The largest absolute Gasteiger partial charge is 0.496 e. The molecule has 3 aromatic carbocycles. The van der Waals surface area contributed by atoms with Crippen molar-refractivity contribution in [2.75, 3.05) is 7.11 Å². The van der Waals surface area contributed by atoms with E-state index in [9.17, 15) is 9.59 Å². The molecule has 0 spiro atoms. The maximum absolute atomic E-state index is 13.0. The topological polar surface area (TPSA) is 81.4 Å². The maximum Gasteiger partial charge on any atom is 0.252 e. The third-order valence-corrected chi connectivity index (χ3v) is 4.43. The zero-order valence-electron chi connectivity index (χ0n) is 16.1. The van der Waals surface area contributed by atoms with Gasteiger partial charge in [-0.25, -0.2) is 0 Å². The van der Waals surface area contributed by atoms with Crippen molar-refractivity contribution in [3.8, 4) is 5.75 Å². The molecular formula is C24H22N2O3. The predicted molar refractivity (Wildman–Crippen MR) is 114 cm³/mol. The van der Waals surface area contributed by atoms with Crippen molar-refractivity contribution in [2.45, 2.75) is 6.54 Å². The fraction of sp³-hybridized carbons (Fsp3) is 0.0833. The van der Waals surface area contributed by atoms with E-state index < -0.39 is 5.91 Å². The molecule has 0 saturated carbocycles. The number of hydrogen-bond donors (Lipinski definition) is 2. The van der Waals surface area contributed by atoms with E-state index >= 15 is 0 Å². The first-order chi connectivity index (χ1) is 14.1. The summed E-state index contributed by atoms with van der Waals surface area (Å²) in [5, 5.41) is 2.92. The van der Waals surface area contributed by atoms with Crippen molar-refractivity contribution in [3.05, 3.63) is 101 Å². The summed E-state index contributed by atoms with van der Waals surface area (Å²) in [6.07, 6.45) is 1.81. The summed E-state index contributed by atoms with van der Waals surface area (Å²) in [5.41, 5.74) is 8.64. The Morgan fingerprint density at radius 3 is 2.34 bits per heavy atom. The Bertz CT molecular complexity index is 1040. The number of nitrogens with one attached hydrogen (secondary N) is 1. The molecule has 0 radical (unpaired) electrons. The molecule has 2 amide bonds. The minimum absolute atomic E-state index is 0.230. The van der Waals surface area contributed by atoms with E-state index in [2.05, 4.69) is 5.32 Å². The van der Waals surface area contributed by atoms with E-state index in [0.717, 1.165) is 16.7 Å². The van der Waals surface area contributed by atoms with Crippen LogP contribution < -0.4 is 15.8 Å². The number of amides is 2. The average Bonchev–Trinajstić information content (AvgIpc) is 2.76. The molecule has 0 heterocycles. The second kappa shape index (κ2) is 9.37. The number of primary amides is 1. The molecule has 0 saturated heterocycles. The highest BCUT2D eigenvalue weighted by atomic mass is 16.5. The summed E-state index contributed by atoms with van der Waals surface area (Å²) in [4.78, 5) is 24.4. The lowest BCUT2D eigenvalue weighted by Crippen LogP contribution is -2.24. The van der Waals surface area contributed by atoms with Crippen molar-refractivity contribution >= 4 is 23.5 Å². The summed E-state index contributed by atoms with van der Waals surface area (Å²) in [5.74, 6) is -0.0475. The average molecular weight is 386 g/mol. The van der Waals surface area contributed by atoms with E-state index in [1.807, 2.05) is 66.7 Å². The molecule has 0 aliphatic rings. The van der Waals surface area contributed by atoms with Crippen molar-refractivity contribution < 1.29 is 14.3 Å². The van der Waals surface area contributed by atoms with Crippen LogP contribution in [0.25, 0.3) is 11.6 Å². The van der Waals surface area contributed by atoms with Gasteiger partial charge in [-0.2, -0.15) is 0 Å². The number of ether oxygens (including phenoxy) is 1. The smallest absolute Gasteiger partial charge is 0.252 e. The quantitative estimate of drug-likeness (QED) is 0.480. The zero-order chi connectivity index (χ0) is 20.6. The number of para-hydroxylation sites is 1. The SMILES string of the molecule is COc1ccccc1/C=C(/C(=O)NCc1cccc(C(N)=O)c1)c1ccccc1. The van der Waals surface area contributed by atoms with Crippen molar-refractivity contribution in [2.24, 2.45) is 5.73 Å². The monoisotopic (exact) mass is 386 g/mol. The number of carbonyl (C=O) groups is 2. The second-order valence-electron chi connectivity index (χ2n) is 6.41. The Hall–Kier alpha value is -3.86. The minimum atomic E-state index is -0.501. The molecule has 0 atom stereocenters. The Labute approximate surface area is 169 Å². The minimum Gasteiger partial charge on any atom is -0.496 e. The number of nitrogens with two attached hydrogens (primary N) is 1. The Morgan fingerprint density at radius 2 is 1.62 bits per heavy atom. The van der Waals surface area contributed by atoms with Gasteiger partial charge < -0.3 is 15.8 Å². The van der Waals surface area contributed by atoms with Gasteiger partial charge in [0.1, 0.15) is 5.75 Å². The van der Waals surface area contributed by atoms with Gasteiger partial charge in [-0.05, 0) is 35.4 Å². The van der Waals surface area contributed by atoms with Crippen LogP contribution in [0.3, 0.4) is 0 Å². The number of methoxy groups -OCH3 is 1. The Morgan fingerprint density at radius 1 is 0.931 bits per heavy atom. The molecule has 0 aromatic heterocycles. The summed E-state index contributed by atoms with van der Waals surface area (Å²) in [7, 11) is 1.60. The standard InChI is InChI=1S/C24H22N2O3/c1-29-22-13-6-5-11-19(22)15-21(18-9-3-2-4-10-18)24(28)26-16-17-8-7-12-20(14-17)23(25)27/h2-15H,16H2,1H3,(H2,25,27)(H,26,28)/b21-15+. The molecule has 0 fully saturated rings. The van der Waals surface area contributed by atoms with Gasteiger partial charge in [-0.15, -0.1) is 0 Å². The van der Waals surface area contributed by atoms with Crippen LogP contribution >= 0.6 is 0 Å². The molecule has 3 rings (SSSR count). The highest BCUT2D eigenvalue weighted by Gasteiger charge is 2.13. The summed E-state index contributed by atoms with van der Waals surface area (Å²) < 4.78 is 5.41. The Balaban J connectivity index is 1.88.